The van der Waals surface area contributed by atoms with E-state index in [9.17, 15) is 23.6 Å². The van der Waals surface area contributed by atoms with E-state index in [1.807, 2.05) is 0 Å². The van der Waals surface area contributed by atoms with Crippen LogP contribution in [0.1, 0.15) is 24.8 Å². The molecule has 1 fully saturated rings. The quantitative estimate of drug-likeness (QED) is 0.390. The van der Waals surface area contributed by atoms with Crippen molar-refractivity contribution in [2.45, 2.75) is 31.4 Å². The average Bonchev–Trinajstić information content (AvgIpc) is 2.91. The Hall–Kier alpha value is -3.88. The fourth-order valence-electron chi connectivity index (χ4n) is 3.64. The fourth-order valence-corrected chi connectivity index (χ4v) is 3.64. The predicted octanol–water partition coefficient (Wildman–Crippen LogP) is 1.80. The number of aromatic nitrogens is 2. The lowest BCUT2D eigenvalue weighted by atomic mass is 9.91. The number of carbonyl (C=O) groups excluding carboxylic acids is 3. The lowest BCUT2D eigenvalue weighted by Crippen LogP contribution is -2.58. The highest BCUT2D eigenvalue weighted by molar-refractivity contribution is 6.11. The van der Waals surface area contributed by atoms with E-state index in [1.165, 1.54) is 6.07 Å². The van der Waals surface area contributed by atoms with Crippen molar-refractivity contribution < 1.29 is 23.5 Å². The predicted molar refractivity (Wildman–Crippen MR) is 107 cm³/mol. The van der Waals surface area contributed by atoms with Crippen LogP contribution in [0.2, 0.25) is 0 Å². The van der Waals surface area contributed by atoms with Crippen LogP contribution in [-0.4, -0.2) is 27.3 Å². The molecule has 1 aliphatic heterocycles. The third kappa shape index (κ3) is 3.70. The molecule has 1 unspecified atom stereocenters. The molecule has 2 heterocycles. The maximum absolute atomic E-state index is 13.5. The van der Waals surface area contributed by atoms with Gasteiger partial charge in [-0.3, -0.25) is 24.3 Å². The van der Waals surface area contributed by atoms with Gasteiger partial charge in [0.1, 0.15) is 12.4 Å². The standard InChI is InChI=1S/C22H18FN3O5/c23-15-8-9-16-17(11-15)24-13-26(19(16)28)22(10-4-7-18(27)25-20(22)29)21(30)31-12-14-5-2-1-3-6-14/h1-3,5-6,8-9,11,13H,4,7,10,12H2,(H,25,27,29). The van der Waals surface area contributed by atoms with E-state index in [-0.39, 0.29) is 36.8 Å². The Morgan fingerprint density at radius 1 is 1.16 bits per heavy atom. The number of benzene rings is 2. The number of ether oxygens (including phenoxy) is 1. The monoisotopic (exact) mass is 423 g/mol. The zero-order valence-electron chi connectivity index (χ0n) is 16.3. The van der Waals surface area contributed by atoms with Crippen LogP contribution in [0.25, 0.3) is 10.9 Å². The second-order valence-corrected chi connectivity index (χ2v) is 7.23. The molecular formula is C22H18FN3O5. The summed E-state index contributed by atoms with van der Waals surface area (Å²) >= 11 is 0. The van der Waals surface area contributed by atoms with Gasteiger partial charge in [-0.05, 0) is 30.5 Å². The van der Waals surface area contributed by atoms with Gasteiger partial charge < -0.3 is 4.74 Å². The van der Waals surface area contributed by atoms with Crippen LogP contribution < -0.4 is 10.9 Å². The molecular weight excluding hydrogens is 405 g/mol. The molecule has 0 spiro atoms. The normalized spacial score (nSPS) is 19.0. The minimum absolute atomic E-state index is 0.0143. The Morgan fingerprint density at radius 2 is 1.94 bits per heavy atom. The van der Waals surface area contributed by atoms with Gasteiger partial charge in [-0.1, -0.05) is 30.3 Å². The first-order valence-corrected chi connectivity index (χ1v) is 9.64. The Kier molecular flexibility index (Phi) is 5.33. The smallest absolute Gasteiger partial charge is 0.342 e. The topological polar surface area (TPSA) is 107 Å². The number of imide groups is 1. The Bertz CT molecular complexity index is 1240. The average molecular weight is 423 g/mol. The largest absolute Gasteiger partial charge is 0.459 e. The molecule has 0 saturated carbocycles. The molecule has 1 aromatic heterocycles. The maximum atomic E-state index is 13.5. The summed E-state index contributed by atoms with van der Waals surface area (Å²) in [5.41, 5.74) is -2.06. The van der Waals surface area contributed by atoms with Crippen LogP contribution in [0.5, 0.6) is 0 Å². The lowest BCUT2D eigenvalue weighted by molar-refractivity contribution is -0.161. The highest BCUT2D eigenvalue weighted by atomic mass is 19.1. The number of nitrogens with one attached hydrogen (secondary N) is 1. The zero-order valence-corrected chi connectivity index (χ0v) is 16.3. The van der Waals surface area contributed by atoms with Crippen molar-refractivity contribution in [1.29, 1.82) is 0 Å². The van der Waals surface area contributed by atoms with Crippen LogP contribution in [0, 0.1) is 5.82 Å². The van der Waals surface area contributed by atoms with E-state index in [2.05, 4.69) is 10.3 Å². The SMILES string of the molecule is O=C1CCCC(C(=O)OCc2ccccc2)(n2cnc3cc(F)ccc3c2=O)C(=O)N1. The molecule has 0 aliphatic carbocycles. The summed E-state index contributed by atoms with van der Waals surface area (Å²) < 4.78 is 19.8. The lowest BCUT2D eigenvalue weighted by Gasteiger charge is -2.30. The minimum Gasteiger partial charge on any atom is -0.459 e. The van der Waals surface area contributed by atoms with E-state index in [4.69, 9.17) is 4.74 Å². The van der Waals surface area contributed by atoms with Gasteiger partial charge in [0.05, 0.1) is 17.2 Å². The third-order valence-electron chi connectivity index (χ3n) is 5.25. The molecule has 2 amide bonds. The van der Waals surface area contributed by atoms with Crippen molar-refractivity contribution in [1.82, 2.24) is 14.9 Å². The van der Waals surface area contributed by atoms with E-state index in [0.717, 1.165) is 23.0 Å². The highest BCUT2D eigenvalue weighted by Crippen LogP contribution is 2.28. The van der Waals surface area contributed by atoms with Gasteiger partial charge in [-0.15, -0.1) is 0 Å². The first-order valence-electron chi connectivity index (χ1n) is 9.64. The fraction of sp³-hybridized carbons (Fsp3) is 0.227. The van der Waals surface area contributed by atoms with Gasteiger partial charge >= 0.3 is 5.97 Å². The molecule has 1 N–H and O–H groups in total. The van der Waals surface area contributed by atoms with Crippen LogP contribution >= 0.6 is 0 Å². The number of rotatable bonds is 4. The van der Waals surface area contributed by atoms with Gasteiger partial charge in [0.2, 0.25) is 11.4 Å². The Balaban J connectivity index is 1.82. The molecule has 158 valence electrons. The number of hydrogen-bond donors (Lipinski definition) is 1. The third-order valence-corrected chi connectivity index (χ3v) is 5.25. The maximum Gasteiger partial charge on any atom is 0.342 e. The van der Waals surface area contributed by atoms with Crippen molar-refractivity contribution in [3.63, 3.8) is 0 Å². The van der Waals surface area contributed by atoms with Crippen molar-refractivity contribution in [2.24, 2.45) is 0 Å². The second-order valence-electron chi connectivity index (χ2n) is 7.23. The second kappa shape index (κ2) is 8.10. The first-order chi connectivity index (χ1) is 14.9. The number of halogens is 1. The van der Waals surface area contributed by atoms with Crippen LogP contribution in [0.4, 0.5) is 4.39 Å². The Labute approximate surface area is 175 Å². The minimum atomic E-state index is -2.12. The summed E-state index contributed by atoms with van der Waals surface area (Å²) in [5, 5.41) is 2.20. The molecule has 0 radical (unpaired) electrons. The van der Waals surface area contributed by atoms with E-state index < -0.39 is 34.7 Å². The molecule has 1 saturated heterocycles. The molecule has 1 aliphatic rings. The Morgan fingerprint density at radius 3 is 2.71 bits per heavy atom. The number of fused-ring (bicyclic) bond motifs is 1. The molecule has 3 aromatic rings. The van der Waals surface area contributed by atoms with Gasteiger partial charge in [0.25, 0.3) is 11.5 Å². The van der Waals surface area contributed by atoms with Crippen LogP contribution in [0.3, 0.4) is 0 Å². The van der Waals surface area contributed by atoms with Gasteiger partial charge in [0.15, 0.2) is 0 Å². The summed E-state index contributed by atoms with van der Waals surface area (Å²) in [6, 6.07) is 12.2. The number of hydrogen-bond acceptors (Lipinski definition) is 6. The summed E-state index contributed by atoms with van der Waals surface area (Å²) in [7, 11) is 0. The number of nitrogens with zero attached hydrogens (tertiary/aromatic N) is 2. The number of amides is 2. The number of carbonyl (C=O) groups is 3. The molecule has 8 nitrogen and oxygen atoms in total. The zero-order chi connectivity index (χ0) is 22.0. The molecule has 1 atom stereocenters. The van der Waals surface area contributed by atoms with Crippen molar-refractivity contribution >= 4 is 28.7 Å². The summed E-state index contributed by atoms with van der Waals surface area (Å²) in [5.74, 6) is -3.06. The molecule has 4 rings (SSSR count). The summed E-state index contributed by atoms with van der Waals surface area (Å²) in [4.78, 5) is 55.5. The van der Waals surface area contributed by atoms with Crippen LogP contribution in [0.15, 0.2) is 59.7 Å². The van der Waals surface area contributed by atoms with Gasteiger partial charge in [-0.25, -0.2) is 14.2 Å². The van der Waals surface area contributed by atoms with Crippen molar-refractivity contribution in [3.05, 3.63) is 76.6 Å². The number of esters is 1. The van der Waals surface area contributed by atoms with E-state index in [0.29, 0.717) is 5.56 Å². The molecule has 31 heavy (non-hydrogen) atoms. The molecule has 0 bridgehead atoms. The summed E-state index contributed by atoms with van der Waals surface area (Å²) in [6.07, 6.45) is 1.07. The highest BCUT2D eigenvalue weighted by Gasteiger charge is 2.51. The first kappa shape index (κ1) is 20.4. The van der Waals surface area contributed by atoms with E-state index in [1.54, 1.807) is 30.3 Å². The van der Waals surface area contributed by atoms with Crippen molar-refractivity contribution in [3.8, 4) is 0 Å². The van der Waals surface area contributed by atoms with Crippen LogP contribution in [-0.2, 0) is 31.3 Å². The van der Waals surface area contributed by atoms with Crippen molar-refractivity contribution in [2.75, 3.05) is 0 Å². The molecule has 9 heteroatoms. The summed E-state index contributed by atoms with van der Waals surface area (Å²) in [6.45, 7) is -0.121. The van der Waals surface area contributed by atoms with Gasteiger partial charge in [-0.2, -0.15) is 0 Å². The molecule has 2 aromatic carbocycles. The van der Waals surface area contributed by atoms with Gasteiger partial charge in [0, 0.05) is 12.5 Å². The van der Waals surface area contributed by atoms with E-state index >= 15 is 0 Å².